The first-order valence-electron chi connectivity index (χ1n) is 6.22. The van der Waals surface area contributed by atoms with Crippen LogP contribution in [0, 0.1) is 0 Å². The van der Waals surface area contributed by atoms with E-state index < -0.39 is 0 Å². The highest BCUT2D eigenvalue weighted by atomic mass is 16.2. The molecule has 3 aromatic rings. The van der Waals surface area contributed by atoms with E-state index >= 15 is 0 Å². The van der Waals surface area contributed by atoms with Crippen LogP contribution >= 0.6 is 0 Å². The minimum Gasteiger partial charge on any atom is -0.354 e. The summed E-state index contributed by atoms with van der Waals surface area (Å²) in [7, 11) is 0. The fourth-order valence-electron chi connectivity index (χ4n) is 2.55. The van der Waals surface area contributed by atoms with Crippen molar-refractivity contribution in [3.63, 3.8) is 0 Å². The van der Waals surface area contributed by atoms with Gasteiger partial charge >= 0.3 is 0 Å². The van der Waals surface area contributed by atoms with Gasteiger partial charge in [-0.1, -0.05) is 6.07 Å². The van der Waals surface area contributed by atoms with Crippen molar-refractivity contribution in [2.24, 2.45) is 0 Å². The number of carbonyl (C=O) groups is 2. The van der Waals surface area contributed by atoms with Crippen LogP contribution in [0.1, 0.15) is 5.69 Å². The van der Waals surface area contributed by atoms with Gasteiger partial charge in [0, 0.05) is 18.2 Å². The highest BCUT2D eigenvalue weighted by molar-refractivity contribution is 6.33. The number of fused-ring (bicyclic) bond motifs is 3. The van der Waals surface area contributed by atoms with E-state index in [0.29, 0.717) is 11.3 Å². The molecule has 0 saturated carbocycles. The molecule has 0 spiro atoms. The lowest BCUT2D eigenvalue weighted by molar-refractivity contribution is -0.341. The summed E-state index contributed by atoms with van der Waals surface area (Å²) >= 11 is 0. The predicted octanol–water partition coefficient (Wildman–Crippen LogP) is 1.17. The van der Waals surface area contributed by atoms with Gasteiger partial charge in [0.15, 0.2) is 6.20 Å². The van der Waals surface area contributed by atoms with Crippen LogP contribution in [0.25, 0.3) is 27.4 Å². The van der Waals surface area contributed by atoms with Crippen molar-refractivity contribution in [3.05, 3.63) is 48.3 Å². The van der Waals surface area contributed by atoms with E-state index in [0.717, 1.165) is 21.8 Å². The normalized spacial score (nSPS) is 14.9. The molecular weight excluding hydrogens is 254 g/mol. The number of aromatic nitrogens is 2. The zero-order valence-electron chi connectivity index (χ0n) is 10.4. The summed E-state index contributed by atoms with van der Waals surface area (Å²) in [6.45, 7) is 0. The number of amides is 2. The Kier molecular flexibility index (Phi) is 2.06. The maximum absolute atomic E-state index is 11.7. The van der Waals surface area contributed by atoms with Gasteiger partial charge in [0.2, 0.25) is 5.52 Å². The van der Waals surface area contributed by atoms with Gasteiger partial charge in [-0.05, 0) is 17.5 Å². The van der Waals surface area contributed by atoms with E-state index in [-0.39, 0.29) is 11.8 Å². The molecule has 1 aromatic carbocycles. The molecule has 96 valence electrons. The molecule has 1 aliphatic rings. The highest BCUT2D eigenvalue weighted by Gasteiger charge is 2.22. The second-order valence-corrected chi connectivity index (χ2v) is 4.72. The lowest BCUT2D eigenvalue weighted by atomic mass is 10.1. The van der Waals surface area contributed by atoms with Crippen LogP contribution in [0.4, 0.5) is 0 Å². The van der Waals surface area contributed by atoms with Gasteiger partial charge < -0.3 is 4.98 Å². The minimum absolute atomic E-state index is 0.365. The van der Waals surface area contributed by atoms with Crippen molar-refractivity contribution in [1.29, 1.82) is 0 Å². The third-order valence-electron chi connectivity index (χ3n) is 3.50. The standard InChI is InChI=1S/C15H9N3O2/c19-13-7-10(15(20)18-13)12-4-2-8-1-3-11-9(5-6-16-11)14(8)17-12/h1-7,17H,(H,18,19,20)/p+1. The molecule has 0 radical (unpaired) electrons. The van der Waals surface area contributed by atoms with Crippen LogP contribution in [-0.4, -0.2) is 16.8 Å². The molecule has 3 heterocycles. The zero-order valence-corrected chi connectivity index (χ0v) is 10.4. The van der Waals surface area contributed by atoms with Gasteiger partial charge in [-0.3, -0.25) is 14.9 Å². The molecule has 2 aromatic heterocycles. The molecule has 1 aliphatic heterocycles. The van der Waals surface area contributed by atoms with Gasteiger partial charge in [0.25, 0.3) is 11.8 Å². The first kappa shape index (κ1) is 10.9. The van der Waals surface area contributed by atoms with Gasteiger partial charge in [-0.25, -0.2) is 4.98 Å². The number of pyridine rings is 1. The fraction of sp³-hybridized carbons (Fsp3) is 0. The summed E-state index contributed by atoms with van der Waals surface area (Å²) in [5.41, 5.74) is 2.96. The van der Waals surface area contributed by atoms with Gasteiger partial charge in [-0.2, -0.15) is 0 Å². The molecular formula is C15H10N3O2+. The third-order valence-corrected chi connectivity index (χ3v) is 3.50. The fourth-order valence-corrected chi connectivity index (χ4v) is 2.55. The summed E-state index contributed by atoms with van der Waals surface area (Å²) in [5.74, 6) is -0.745. The maximum atomic E-state index is 11.7. The van der Waals surface area contributed by atoms with E-state index in [4.69, 9.17) is 0 Å². The number of hydrogen-bond donors (Lipinski definition) is 2. The van der Waals surface area contributed by atoms with Crippen molar-refractivity contribution in [2.45, 2.75) is 0 Å². The number of benzene rings is 1. The Bertz CT molecular complexity index is 921. The molecule has 0 saturated heterocycles. The Labute approximate surface area is 113 Å². The first-order chi connectivity index (χ1) is 9.72. The molecule has 0 atom stereocenters. The molecule has 5 nitrogen and oxygen atoms in total. The smallest absolute Gasteiger partial charge is 0.260 e. The van der Waals surface area contributed by atoms with E-state index in [1.54, 1.807) is 0 Å². The van der Waals surface area contributed by atoms with Crippen LogP contribution in [0.3, 0.4) is 0 Å². The van der Waals surface area contributed by atoms with E-state index in [1.165, 1.54) is 6.08 Å². The molecule has 0 aliphatic carbocycles. The van der Waals surface area contributed by atoms with Crippen molar-refractivity contribution >= 4 is 39.2 Å². The summed E-state index contributed by atoms with van der Waals surface area (Å²) in [6.07, 6.45) is 3.19. The van der Waals surface area contributed by atoms with Crippen molar-refractivity contribution in [1.82, 2.24) is 10.3 Å². The largest absolute Gasteiger partial charge is 0.354 e. The van der Waals surface area contributed by atoms with Crippen molar-refractivity contribution < 1.29 is 14.6 Å². The SMILES string of the molecule is O=C1C=C(c2ccc3ccc4[nH+]ccc4c3[nH]2)C(=O)N1. The lowest BCUT2D eigenvalue weighted by Crippen LogP contribution is -2.21. The Morgan fingerprint density at radius 3 is 2.65 bits per heavy atom. The molecule has 0 bridgehead atoms. The number of nitrogens with one attached hydrogen (secondary N) is 3. The van der Waals surface area contributed by atoms with Crippen LogP contribution in [0.5, 0.6) is 0 Å². The second kappa shape index (κ2) is 3.77. The monoisotopic (exact) mass is 264 g/mol. The van der Waals surface area contributed by atoms with Gasteiger partial charge in [0.05, 0.1) is 22.2 Å². The van der Waals surface area contributed by atoms with Crippen LogP contribution in [-0.2, 0) is 9.59 Å². The van der Waals surface area contributed by atoms with Crippen LogP contribution in [0.15, 0.2) is 42.6 Å². The topological polar surface area (TPSA) is 76.1 Å². The predicted molar refractivity (Wildman–Crippen MR) is 73.5 cm³/mol. The maximum Gasteiger partial charge on any atom is 0.260 e. The van der Waals surface area contributed by atoms with Crippen LogP contribution < -0.4 is 10.3 Å². The molecule has 3 N–H and O–H groups in total. The molecule has 0 unspecified atom stereocenters. The number of imide groups is 1. The van der Waals surface area contributed by atoms with Crippen molar-refractivity contribution in [3.8, 4) is 0 Å². The summed E-state index contributed by atoms with van der Waals surface area (Å²) in [5, 5.41) is 4.35. The molecule has 2 amide bonds. The summed E-state index contributed by atoms with van der Waals surface area (Å²) in [4.78, 5) is 29.3. The Morgan fingerprint density at radius 1 is 1.00 bits per heavy atom. The van der Waals surface area contributed by atoms with E-state index in [1.807, 2.05) is 36.5 Å². The van der Waals surface area contributed by atoms with Crippen molar-refractivity contribution in [2.75, 3.05) is 0 Å². The first-order valence-corrected chi connectivity index (χ1v) is 6.22. The lowest BCUT2D eigenvalue weighted by Gasteiger charge is -2.04. The summed E-state index contributed by atoms with van der Waals surface area (Å²) in [6, 6.07) is 9.74. The average molecular weight is 264 g/mol. The second-order valence-electron chi connectivity index (χ2n) is 4.72. The quantitative estimate of drug-likeness (QED) is 0.647. The van der Waals surface area contributed by atoms with E-state index in [2.05, 4.69) is 15.3 Å². The number of carbonyl (C=O) groups excluding carboxylic acids is 2. The Morgan fingerprint density at radius 2 is 1.85 bits per heavy atom. The zero-order chi connectivity index (χ0) is 13.7. The Balaban J connectivity index is 2.00. The Hall–Kier alpha value is -2.95. The van der Waals surface area contributed by atoms with E-state index in [9.17, 15) is 9.59 Å². The molecule has 5 heteroatoms. The van der Waals surface area contributed by atoms with Gasteiger partial charge in [0.1, 0.15) is 0 Å². The average Bonchev–Trinajstić information content (AvgIpc) is 3.04. The highest BCUT2D eigenvalue weighted by Crippen LogP contribution is 2.24. The van der Waals surface area contributed by atoms with Crippen LogP contribution in [0.2, 0.25) is 0 Å². The number of H-pyrrole nitrogens is 2. The molecule has 0 fully saturated rings. The minimum atomic E-state index is -0.377. The van der Waals surface area contributed by atoms with Gasteiger partial charge in [-0.15, -0.1) is 0 Å². The number of hydrogen-bond acceptors (Lipinski definition) is 2. The number of aromatic amines is 2. The summed E-state index contributed by atoms with van der Waals surface area (Å²) < 4.78 is 0. The molecule has 4 rings (SSSR count). The third kappa shape index (κ3) is 1.46. The molecule has 20 heavy (non-hydrogen) atoms. The number of rotatable bonds is 1.